The molecular weight excluding hydrogens is 206 g/mol. The molecule has 1 aliphatic rings. The molecule has 1 fully saturated rings. The Morgan fingerprint density at radius 1 is 1.31 bits per heavy atom. The highest BCUT2D eigenvalue weighted by Crippen LogP contribution is 2.17. The Balaban J connectivity index is 2.18. The molecule has 3 N–H and O–H groups in total. The second kappa shape index (κ2) is 8.01. The topological polar surface area (TPSA) is 61.7 Å². The molecule has 3 unspecified atom stereocenters. The predicted molar refractivity (Wildman–Crippen MR) is 63.4 cm³/mol. The molecule has 1 saturated carbocycles. The highest BCUT2D eigenvalue weighted by molar-refractivity contribution is 4.79. The monoisotopic (exact) mass is 231 g/mol. The molecule has 0 heterocycles. The van der Waals surface area contributed by atoms with Gasteiger partial charge in [0.2, 0.25) is 0 Å². The van der Waals surface area contributed by atoms with Gasteiger partial charge in [-0.15, -0.1) is 0 Å². The molecule has 1 rings (SSSR count). The van der Waals surface area contributed by atoms with Crippen LogP contribution in [0.15, 0.2) is 0 Å². The van der Waals surface area contributed by atoms with Crippen LogP contribution in [0, 0.1) is 0 Å². The smallest absolute Gasteiger partial charge is 0.0897 e. The summed E-state index contributed by atoms with van der Waals surface area (Å²) in [6.45, 7) is 3.41. The zero-order valence-electron chi connectivity index (χ0n) is 10.2. The molecular formula is C12H25NO3. The van der Waals surface area contributed by atoms with Gasteiger partial charge in [-0.1, -0.05) is 19.3 Å². The lowest BCUT2D eigenvalue weighted by atomic mass is 10.1. The van der Waals surface area contributed by atoms with Crippen molar-refractivity contribution in [1.82, 2.24) is 5.32 Å². The molecule has 0 aromatic heterocycles. The molecule has 0 aromatic rings. The summed E-state index contributed by atoms with van der Waals surface area (Å²) in [4.78, 5) is 0. The van der Waals surface area contributed by atoms with Crippen molar-refractivity contribution in [2.24, 2.45) is 0 Å². The molecule has 4 heteroatoms. The standard InChI is InChI=1S/C12H25NO3/c1-2-16-9-10(14)8-13-11-6-4-3-5-7-12(11)15/h10-15H,2-9H2,1H3. The summed E-state index contributed by atoms with van der Waals surface area (Å²) in [6.07, 6.45) is 4.62. The highest BCUT2D eigenvalue weighted by Gasteiger charge is 2.21. The van der Waals surface area contributed by atoms with Gasteiger partial charge in [0.25, 0.3) is 0 Å². The fourth-order valence-corrected chi connectivity index (χ4v) is 2.13. The number of aliphatic hydroxyl groups is 2. The molecule has 1 aliphatic carbocycles. The Labute approximate surface area is 98.0 Å². The second-order valence-electron chi connectivity index (χ2n) is 4.53. The van der Waals surface area contributed by atoms with Crippen molar-refractivity contribution in [3.8, 4) is 0 Å². The highest BCUT2D eigenvalue weighted by atomic mass is 16.5. The average Bonchev–Trinajstić information content (AvgIpc) is 2.48. The number of hydrogen-bond acceptors (Lipinski definition) is 4. The van der Waals surface area contributed by atoms with E-state index < -0.39 is 6.10 Å². The molecule has 0 spiro atoms. The van der Waals surface area contributed by atoms with Crippen molar-refractivity contribution in [2.45, 2.75) is 57.3 Å². The third kappa shape index (κ3) is 5.25. The minimum atomic E-state index is -0.476. The molecule has 0 aliphatic heterocycles. The third-order valence-electron chi connectivity index (χ3n) is 3.11. The first-order valence-electron chi connectivity index (χ1n) is 6.41. The number of rotatable bonds is 6. The summed E-state index contributed by atoms with van der Waals surface area (Å²) < 4.78 is 5.13. The maximum Gasteiger partial charge on any atom is 0.0897 e. The van der Waals surface area contributed by atoms with Crippen LogP contribution in [0.25, 0.3) is 0 Å². The fraction of sp³-hybridized carbons (Fsp3) is 1.00. The SMILES string of the molecule is CCOCC(O)CNC1CCCCCC1O. The van der Waals surface area contributed by atoms with Crippen molar-refractivity contribution >= 4 is 0 Å². The molecule has 0 radical (unpaired) electrons. The summed E-state index contributed by atoms with van der Waals surface area (Å²) in [5.41, 5.74) is 0. The Hall–Kier alpha value is -0.160. The fourth-order valence-electron chi connectivity index (χ4n) is 2.13. The Bertz CT molecular complexity index is 178. The zero-order chi connectivity index (χ0) is 11.8. The number of ether oxygens (including phenoxy) is 1. The molecule has 0 aromatic carbocycles. The first kappa shape index (κ1) is 13.9. The Morgan fingerprint density at radius 3 is 2.81 bits per heavy atom. The molecule has 3 atom stereocenters. The molecule has 0 bridgehead atoms. The van der Waals surface area contributed by atoms with E-state index in [9.17, 15) is 10.2 Å². The van der Waals surface area contributed by atoms with Gasteiger partial charge in [0, 0.05) is 19.2 Å². The van der Waals surface area contributed by atoms with Crippen molar-refractivity contribution < 1.29 is 14.9 Å². The van der Waals surface area contributed by atoms with Crippen LogP contribution in [0.2, 0.25) is 0 Å². The summed E-state index contributed by atoms with van der Waals surface area (Å²) >= 11 is 0. The van der Waals surface area contributed by atoms with E-state index in [4.69, 9.17) is 4.74 Å². The van der Waals surface area contributed by atoms with Crippen LogP contribution in [-0.4, -0.2) is 48.2 Å². The quantitative estimate of drug-likeness (QED) is 0.588. The van der Waals surface area contributed by atoms with Gasteiger partial charge in [-0.05, 0) is 19.8 Å². The van der Waals surface area contributed by atoms with E-state index in [1.54, 1.807) is 0 Å². The van der Waals surface area contributed by atoms with Crippen LogP contribution in [0.5, 0.6) is 0 Å². The summed E-state index contributed by atoms with van der Waals surface area (Å²) in [5, 5.41) is 22.7. The molecule has 0 saturated heterocycles. The lowest BCUT2D eigenvalue weighted by Gasteiger charge is -2.23. The van der Waals surface area contributed by atoms with Gasteiger partial charge in [-0.25, -0.2) is 0 Å². The maximum absolute atomic E-state index is 9.86. The zero-order valence-corrected chi connectivity index (χ0v) is 10.2. The van der Waals surface area contributed by atoms with E-state index in [0.29, 0.717) is 19.8 Å². The van der Waals surface area contributed by atoms with Crippen LogP contribution < -0.4 is 5.32 Å². The summed E-state index contributed by atoms with van der Waals surface area (Å²) in [6, 6.07) is 0.138. The van der Waals surface area contributed by atoms with Crippen LogP contribution in [0.1, 0.15) is 39.0 Å². The summed E-state index contributed by atoms with van der Waals surface area (Å²) in [5.74, 6) is 0. The van der Waals surface area contributed by atoms with E-state index >= 15 is 0 Å². The first-order chi connectivity index (χ1) is 7.74. The Morgan fingerprint density at radius 2 is 2.06 bits per heavy atom. The van der Waals surface area contributed by atoms with Crippen molar-refractivity contribution in [3.05, 3.63) is 0 Å². The van der Waals surface area contributed by atoms with E-state index in [1.807, 2.05) is 6.92 Å². The lowest BCUT2D eigenvalue weighted by Crippen LogP contribution is -2.43. The van der Waals surface area contributed by atoms with E-state index in [1.165, 1.54) is 6.42 Å². The normalized spacial score (nSPS) is 28.7. The van der Waals surface area contributed by atoms with Gasteiger partial charge in [0.15, 0.2) is 0 Å². The van der Waals surface area contributed by atoms with Gasteiger partial charge in [0.1, 0.15) is 0 Å². The molecule has 96 valence electrons. The second-order valence-corrected chi connectivity index (χ2v) is 4.53. The van der Waals surface area contributed by atoms with Crippen molar-refractivity contribution in [1.29, 1.82) is 0 Å². The molecule has 4 nitrogen and oxygen atoms in total. The van der Waals surface area contributed by atoms with Gasteiger partial charge >= 0.3 is 0 Å². The number of nitrogens with one attached hydrogen (secondary N) is 1. The van der Waals surface area contributed by atoms with Gasteiger partial charge in [-0.3, -0.25) is 0 Å². The van der Waals surface area contributed by atoms with Crippen LogP contribution in [0.3, 0.4) is 0 Å². The van der Waals surface area contributed by atoms with E-state index in [2.05, 4.69) is 5.32 Å². The summed E-state index contributed by atoms with van der Waals surface area (Å²) in [7, 11) is 0. The third-order valence-corrected chi connectivity index (χ3v) is 3.11. The van der Waals surface area contributed by atoms with Crippen molar-refractivity contribution in [3.63, 3.8) is 0 Å². The molecule has 16 heavy (non-hydrogen) atoms. The van der Waals surface area contributed by atoms with E-state index in [0.717, 1.165) is 25.7 Å². The number of hydrogen-bond donors (Lipinski definition) is 3. The first-order valence-corrected chi connectivity index (χ1v) is 6.41. The lowest BCUT2D eigenvalue weighted by molar-refractivity contribution is 0.0358. The van der Waals surface area contributed by atoms with Crippen LogP contribution >= 0.6 is 0 Å². The van der Waals surface area contributed by atoms with Crippen LogP contribution in [0.4, 0.5) is 0 Å². The van der Waals surface area contributed by atoms with Gasteiger partial charge in [-0.2, -0.15) is 0 Å². The van der Waals surface area contributed by atoms with Gasteiger partial charge in [0.05, 0.1) is 18.8 Å². The largest absolute Gasteiger partial charge is 0.392 e. The van der Waals surface area contributed by atoms with E-state index in [-0.39, 0.29) is 12.1 Å². The van der Waals surface area contributed by atoms with Crippen LogP contribution in [-0.2, 0) is 4.74 Å². The molecule has 0 amide bonds. The minimum absolute atomic E-state index is 0.138. The van der Waals surface area contributed by atoms with Gasteiger partial charge < -0.3 is 20.3 Å². The number of aliphatic hydroxyl groups excluding tert-OH is 2. The average molecular weight is 231 g/mol. The Kier molecular flexibility index (Phi) is 6.96. The predicted octanol–water partition coefficient (Wildman–Crippen LogP) is 0.667. The minimum Gasteiger partial charge on any atom is -0.392 e. The maximum atomic E-state index is 9.86. The van der Waals surface area contributed by atoms with Crippen molar-refractivity contribution in [2.75, 3.05) is 19.8 Å².